The highest BCUT2D eigenvalue weighted by Gasteiger charge is 2.11. The lowest BCUT2D eigenvalue weighted by Crippen LogP contribution is -2.15. The lowest BCUT2D eigenvalue weighted by Gasteiger charge is -2.11. The first-order valence-corrected chi connectivity index (χ1v) is 4.99. The third-order valence-corrected chi connectivity index (χ3v) is 2.21. The van der Waals surface area contributed by atoms with E-state index in [9.17, 15) is 0 Å². The zero-order chi connectivity index (χ0) is 9.84. The van der Waals surface area contributed by atoms with Crippen LogP contribution in [-0.4, -0.2) is 9.78 Å². The van der Waals surface area contributed by atoms with Crippen molar-refractivity contribution in [3.63, 3.8) is 0 Å². The minimum absolute atomic E-state index is 0.145. The first-order chi connectivity index (χ1) is 6.19. The van der Waals surface area contributed by atoms with E-state index in [1.54, 1.807) is 0 Å². The van der Waals surface area contributed by atoms with E-state index in [0.29, 0.717) is 0 Å². The first-order valence-electron chi connectivity index (χ1n) is 4.99. The molecular formula is C10H19N3. The predicted molar refractivity (Wildman–Crippen MR) is 54.5 cm³/mol. The molecule has 1 unspecified atom stereocenters. The number of nitrogens with two attached hydrogens (primary N) is 1. The third kappa shape index (κ3) is 2.31. The molecule has 74 valence electrons. The van der Waals surface area contributed by atoms with Crippen LogP contribution < -0.4 is 5.73 Å². The molecule has 0 saturated carbocycles. The van der Waals surface area contributed by atoms with E-state index in [4.69, 9.17) is 5.73 Å². The van der Waals surface area contributed by atoms with E-state index in [0.717, 1.165) is 25.1 Å². The average Bonchev–Trinajstić information content (AvgIpc) is 2.47. The van der Waals surface area contributed by atoms with Crippen LogP contribution >= 0.6 is 0 Å². The molecule has 0 spiro atoms. The number of hydrogen-bond donors (Lipinski definition) is 1. The topological polar surface area (TPSA) is 43.8 Å². The summed E-state index contributed by atoms with van der Waals surface area (Å²) in [6.07, 6.45) is 2.15. The Labute approximate surface area is 79.9 Å². The molecule has 1 aromatic rings. The highest BCUT2D eigenvalue weighted by atomic mass is 15.3. The summed E-state index contributed by atoms with van der Waals surface area (Å²) in [5, 5.41) is 4.37. The summed E-state index contributed by atoms with van der Waals surface area (Å²) in [7, 11) is 0. The summed E-state index contributed by atoms with van der Waals surface area (Å²) < 4.78 is 2.00. The molecule has 0 bridgehead atoms. The second kappa shape index (κ2) is 4.42. The van der Waals surface area contributed by atoms with Crippen molar-refractivity contribution in [2.24, 2.45) is 5.73 Å². The maximum absolute atomic E-state index is 6.03. The summed E-state index contributed by atoms with van der Waals surface area (Å²) >= 11 is 0. The van der Waals surface area contributed by atoms with Gasteiger partial charge in [-0.1, -0.05) is 13.3 Å². The highest BCUT2D eigenvalue weighted by Crippen LogP contribution is 2.16. The van der Waals surface area contributed by atoms with Crippen molar-refractivity contribution in [3.05, 3.63) is 17.5 Å². The molecule has 0 aliphatic rings. The molecule has 1 aromatic heterocycles. The molecule has 3 heteroatoms. The van der Waals surface area contributed by atoms with E-state index in [-0.39, 0.29) is 6.04 Å². The second-order valence-electron chi connectivity index (χ2n) is 3.42. The zero-order valence-electron chi connectivity index (χ0n) is 8.75. The molecule has 0 amide bonds. The van der Waals surface area contributed by atoms with Crippen LogP contribution in [0.15, 0.2) is 6.07 Å². The van der Waals surface area contributed by atoms with Gasteiger partial charge in [-0.05, 0) is 26.3 Å². The Bertz CT molecular complexity index is 265. The van der Waals surface area contributed by atoms with Gasteiger partial charge in [-0.2, -0.15) is 5.10 Å². The Morgan fingerprint density at radius 2 is 2.23 bits per heavy atom. The van der Waals surface area contributed by atoms with E-state index in [1.807, 2.05) is 11.6 Å². The van der Waals surface area contributed by atoms with Gasteiger partial charge in [-0.25, -0.2) is 0 Å². The van der Waals surface area contributed by atoms with Gasteiger partial charge < -0.3 is 5.73 Å². The molecule has 1 atom stereocenters. The second-order valence-corrected chi connectivity index (χ2v) is 3.42. The summed E-state index contributed by atoms with van der Waals surface area (Å²) in [6.45, 7) is 7.16. The Kier molecular flexibility index (Phi) is 3.48. The minimum atomic E-state index is 0.145. The van der Waals surface area contributed by atoms with Crippen LogP contribution in [0, 0.1) is 6.92 Å². The van der Waals surface area contributed by atoms with Gasteiger partial charge >= 0.3 is 0 Å². The molecule has 0 aliphatic carbocycles. The van der Waals surface area contributed by atoms with Crippen LogP contribution in [0.2, 0.25) is 0 Å². The van der Waals surface area contributed by atoms with Crippen molar-refractivity contribution in [2.45, 2.75) is 46.2 Å². The van der Waals surface area contributed by atoms with Gasteiger partial charge in [0.25, 0.3) is 0 Å². The monoisotopic (exact) mass is 181 g/mol. The van der Waals surface area contributed by atoms with Crippen molar-refractivity contribution < 1.29 is 0 Å². The van der Waals surface area contributed by atoms with Crippen LogP contribution in [0.25, 0.3) is 0 Å². The zero-order valence-corrected chi connectivity index (χ0v) is 8.75. The van der Waals surface area contributed by atoms with Gasteiger partial charge in [0, 0.05) is 12.6 Å². The van der Waals surface area contributed by atoms with Gasteiger partial charge in [-0.3, -0.25) is 4.68 Å². The van der Waals surface area contributed by atoms with Crippen molar-refractivity contribution in [1.82, 2.24) is 9.78 Å². The quantitative estimate of drug-likeness (QED) is 0.772. The van der Waals surface area contributed by atoms with E-state index < -0.39 is 0 Å². The molecule has 0 fully saturated rings. The number of aryl methyl sites for hydroxylation is 2. The summed E-state index contributed by atoms with van der Waals surface area (Å²) in [5.41, 5.74) is 8.26. The number of hydrogen-bond acceptors (Lipinski definition) is 2. The summed E-state index contributed by atoms with van der Waals surface area (Å²) in [4.78, 5) is 0. The molecule has 0 radical (unpaired) electrons. The minimum Gasteiger partial charge on any atom is -0.323 e. The normalized spacial score (nSPS) is 13.2. The Morgan fingerprint density at radius 1 is 1.54 bits per heavy atom. The van der Waals surface area contributed by atoms with Crippen LogP contribution in [0.1, 0.15) is 44.1 Å². The number of nitrogens with zero attached hydrogens (tertiary/aromatic N) is 2. The number of aromatic nitrogens is 2. The fourth-order valence-electron chi connectivity index (χ4n) is 1.58. The van der Waals surface area contributed by atoms with Gasteiger partial charge in [0.2, 0.25) is 0 Å². The largest absolute Gasteiger partial charge is 0.323 e. The SMILES string of the molecule is CCCC(N)c1cc(C)nn1CC. The molecule has 13 heavy (non-hydrogen) atoms. The Morgan fingerprint density at radius 3 is 2.77 bits per heavy atom. The number of rotatable bonds is 4. The maximum Gasteiger partial charge on any atom is 0.0597 e. The molecule has 2 N–H and O–H groups in total. The van der Waals surface area contributed by atoms with E-state index >= 15 is 0 Å². The lowest BCUT2D eigenvalue weighted by atomic mass is 10.1. The molecule has 0 saturated heterocycles. The Hall–Kier alpha value is -0.830. The van der Waals surface area contributed by atoms with Crippen molar-refractivity contribution in [3.8, 4) is 0 Å². The average molecular weight is 181 g/mol. The van der Waals surface area contributed by atoms with Crippen LogP contribution in [0.4, 0.5) is 0 Å². The highest BCUT2D eigenvalue weighted by molar-refractivity contribution is 5.12. The summed E-state index contributed by atoms with van der Waals surface area (Å²) in [5.74, 6) is 0. The lowest BCUT2D eigenvalue weighted by molar-refractivity contribution is 0.541. The molecule has 3 nitrogen and oxygen atoms in total. The Balaban J connectivity index is 2.84. The standard InChI is InChI=1S/C10H19N3/c1-4-6-9(11)10-7-8(3)12-13(10)5-2/h7,9H,4-6,11H2,1-3H3. The molecule has 0 aromatic carbocycles. The predicted octanol–water partition coefficient (Wildman–Crippen LogP) is 2.01. The third-order valence-electron chi connectivity index (χ3n) is 2.21. The fourth-order valence-corrected chi connectivity index (χ4v) is 1.58. The molecular weight excluding hydrogens is 162 g/mol. The van der Waals surface area contributed by atoms with Gasteiger partial charge in [0.15, 0.2) is 0 Å². The first kappa shape index (κ1) is 10.3. The van der Waals surface area contributed by atoms with Crippen molar-refractivity contribution in [2.75, 3.05) is 0 Å². The van der Waals surface area contributed by atoms with Crippen molar-refractivity contribution >= 4 is 0 Å². The van der Waals surface area contributed by atoms with Gasteiger partial charge in [-0.15, -0.1) is 0 Å². The van der Waals surface area contributed by atoms with Gasteiger partial charge in [0.05, 0.1) is 11.4 Å². The smallest absolute Gasteiger partial charge is 0.0597 e. The van der Waals surface area contributed by atoms with E-state index in [2.05, 4.69) is 25.0 Å². The van der Waals surface area contributed by atoms with Crippen LogP contribution in [0.3, 0.4) is 0 Å². The fraction of sp³-hybridized carbons (Fsp3) is 0.700. The molecule has 1 heterocycles. The molecule has 1 rings (SSSR count). The van der Waals surface area contributed by atoms with Crippen molar-refractivity contribution in [1.29, 1.82) is 0 Å². The van der Waals surface area contributed by atoms with Crippen LogP contribution in [0.5, 0.6) is 0 Å². The molecule has 0 aliphatic heterocycles. The van der Waals surface area contributed by atoms with Crippen LogP contribution in [-0.2, 0) is 6.54 Å². The van der Waals surface area contributed by atoms with Gasteiger partial charge in [0.1, 0.15) is 0 Å². The summed E-state index contributed by atoms with van der Waals surface area (Å²) in [6, 6.07) is 2.23. The van der Waals surface area contributed by atoms with E-state index in [1.165, 1.54) is 5.69 Å². The maximum atomic E-state index is 6.03.